The van der Waals surface area contributed by atoms with Gasteiger partial charge in [0.1, 0.15) is 5.69 Å². The lowest BCUT2D eigenvalue weighted by Crippen LogP contribution is -2.22. The van der Waals surface area contributed by atoms with E-state index in [1.54, 1.807) is 12.3 Å². The first-order valence-electron chi connectivity index (χ1n) is 5.53. The monoisotopic (exact) mass is 260 g/mol. The van der Waals surface area contributed by atoms with Crippen LogP contribution in [0, 0.1) is 17.0 Å². The molecule has 1 aromatic carbocycles. The Labute approximate surface area is 108 Å². The molecule has 0 spiro atoms. The summed E-state index contributed by atoms with van der Waals surface area (Å²) in [6.45, 7) is 2.03. The van der Waals surface area contributed by atoms with Gasteiger partial charge in [0.25, 0.3) is 5.69 Å². The summed E-state index contributed by atoms with van der Waals surface area (Å²) in [6, 6.07) is 4.48. The lowest BCUT2D eigenvalue weighted by Gasteiger charge is -2.06. The van der Waals surface area contributed by atoms with E-state index >= 15 is 0 Å². The molecule has 0 saturated carbocycles. The Bertz CT molecular complexity index is 694. The minimum Gasteiger partial charge on any atom is -0.393 e. The summed E-state index contributed by atoms with van der Waals surface area (Å²) in [5, 5.41) is 10.8. The van der Waals surface area contributed by atoms with Crippen LogP contribution in [0.1, 0.15) is 11.1 Å². The smallest absolute Gasteiger partial charge is 0.347 e. The number of nitro benzene ring substituents is 1. The molecule has 0 unspecified atom stereocenters. The maximum absolute atomic E-state index is 11.6. The Balaban J connectivity index is 2.39. The van der Waals surface area contributed by atoms with Crippen molar-refractivity contribution in [2.24, 2.45) is 0 Å². The van der Waals surface area contributed by atoms with E-state index in [1.165, 1.54) is 22.9 Å². The van der Waals surface area contributed by atoms with Crippen LogP contribution in [-0.4, -0.2) is 14.5 Å². The molecule has 7 heteroatoms. The highest BCUT2D eigenvalue weighted by atomic mass is 16.6. The van der Waals surface area contributed by atoms with Crippen LogP contribution in [0.25, 0.3) is 0 Å². The Kier molecular flexibility index (Phi) is 3.28. The van der Waals surface area contributed by atoms with Crippen molar-refractivity contribution in [3.63, 3.8) is 0 Å². The Morgan fingerprint density at radius 1 is 1.47 bits per heavy atom. The van der Waals surface area contributed by atoms with E-state index in [0.717, 1.165) is 5.56 Å². The van der Waals surface area contributed by atoms with Crippen LogP contribution in [0.15, 0.2) is 35.4 Å². The summed E-state index contributed by atoms with van der Waals surface area (Å²) in [6.07, 6.45) is 3.13. The van der Waals surface area contributed by atoms with Gasteiger partial charge in [-0.15, -0.1) is 0 Å². The number of nitrogens with two attached hydrogens (primary N) is 1. The summed E-state index contributed by atoms with van der Waals surface area (Å²) < 4.78 is 1.39. The van der Waals surface area contributed by atoms with Crippen LogP contribution < -0.4 is 11.4 Å². The molecule has 0 bridgehead atoms. The summed E-state index contributed by atoms with van der Waals surface area (Å²) in [5.74, 6) is 0. The molecule has 19 heavy (non-hydrogen) atoms. The maximum Gasteiger partial charge on any atom is 0.347 e. The van der Waals surface area contributed by atoms with Gasteiger partial charge in [0.15, 0.2) is 0 Å². The van der Waals surface area contributed by atoms with Crippen molar-refractivity contribution in [3.8, 4) is 0 Å². The highest BCUT2D eigenvalue weighted by molar-refractivity contribution is 5.59. The van der Waals surface area contributed by atoms with E-state index in [1.807, 2.05) is 6.92 Å². The van der Waals surface area contributed by atoms with Gasteiger partial charge in [0, 0.05) is 18.5 Å². The lowest BCUT2D eigenvalue weighted by atomic mass is 10.1. The van der Waals surface area contributed by atoms with Crippen molar-refractivity contribution in [1.82, 2.24) is 9.55 Å². The molecular weight excluding hydrogens is 248 g/mol. The highest BCUT2D eigenvalue weighted by Gasteiger charge is 2.12. The fourth-order valence-corrected chi connectivity index (χ4v) is 1.72. The number of rotatable bonds is 3. The average Bonchev–Trinajstić information content (AvgIpc) is 2.36. The van der Waals surface area contributed by atoms with Gasteiger partial charge >= 0.3 is 5.69 Å². The van der Waals surface area contributed by atoms with Gasteiger partial charge < -0.3 is 5.73 Å². The Morgan fingerprint density at radius 3 is 2.89 bits per heavy atom. The average molecular weight is 260 g/mol. The molecular formula is C12H12N4O3. The summed E-state index contributed by atoms with van der Waals surface area (Å²) >= 11 is 0. The zero-order chi connectivity index (χ0) is 14.0. The number of nitrogen functional groups attached to an aromatic ring is 1. The van der Waals surface area contributed by atoms with Crippen LogP contribution in [0.5, 0.6) is 0 Å². The van der Waals surface area contributed by atoms with Crippen LogP contribution >= 0.6 is 0 Å². The summed E-state index contributed by atoms with van der Waals surface area (Å²) in [4.78, 5) is 25.5. The predicted octanol–water partition coefficient (Wildman–Crippen LogP) is 1.09. The maximum atomic E-state index is 11.6. The van der Waals surface area contributed by atoms with E-state index in [4.69, 9.17) is 5.73 Å². The lowest BCUT2D eigenvalue weighted by molar-refractivity contribution is -0.384. The molecule has 0 aliphatic rings. The number of nitrogens with zero attached hydrogens (tertiary/aromatic N) is 3. The van der Waals surface area contributed by atoms with Gasteiger partial charge in [0.2, 0.25) is 0 Å². The first-order chi connectivity index (χ1) is 8.97. The van der Waals surface area contributed by atoms with E-state index in [0.29, 0.717) is 5.56 Å². The highest BCUT2D eigenvalue weighted by Crippen LogP contribution is 2.22. The van der Waals surface area contributed by atoms with Gasteiger partial charge in [-0.25, -0.2) is 9.78 Å². The Morgan fingerprint density at radius 2 is 2.21 bits per heavy atom. The number of anilines is 1. The second kappa shape index (κ2) is 4.89. The van der Waals surface area contributed by atoms with Crippen molar-refractivity contribution < 1.29 is 4.92 Å². The Hall–Kier alpha value is -2.70. The zero-order valence-corrected chi connectivity index (χ0v) is 10.2. The van der Waals surface area contributed by atoms with E-state index in [-0.39, 0.29) is 17.9 Å². The van der Waals surface area contributed by atoms with Gasteiger partial charge in [-0.05, 0) is 24.1 Å². The SMILES string of the molecule is Cc1cnc(=O)n(Cc2ccc(N)c([N+](=O)[O-])c2)c1. The summed E-state index contributed by atoms with van der Waals surface area (Å²) in [5.41, 5.74) is 6.51. The van der Waals surface area contributed by atoms with E-state index < -0.39 is 10.6 Å². The molecule has 0 atom stereocenters. The van der Waals surface area contributed by atoms with Crippen molar-refractivity contribution in [2.75, 3.05) is 5.73 Å². The van der Waals surface area contributed by atoms with Gasteiger partial charge in [-0.2, -0.15) is 0 Å². The third kappa shape index (κ3) is 2.76. The van der Waals surface area contributed by atoms with Crippen LogP contribution in [0.3, 0.4) is 0 Å². The molecule has 0 radical (unpaired) electrons. The summed E-state index contributed by atoms with van der Waals surface area (Å²) in [7, 11) is 0. The third-order valence-electron chi connectivity index (χ3n) is 2.63. The molecule has 0 aliphatic heterocycles. The number of hydrogen-bond acceptors (Lipinski definition) is 5. The fourth-order valence-electron chi connectivity index (χ4n) is 1.72. The molecule has 0 saturated heterocycles. The van der Waals surface area contributed by atoms with E-state index in [9.17, 15) is 14.9 Å². The van der Waals surface area contributed by atoms with Crippen molar-refractivity contribution in [2.45, 2.75) is 13.5 Å². The molecule has 2 aromatic rings. The first kappa shape index (κ1) is 12.7. The minimum absolute atomic E-state index is 0.100. The third-order valence-corrected chi connectivity index (χ3v) is 2.63. The molecule has 2 N–H and O–H groups in total. The van der Waals surface area contributed by atoms with Crippen LogP contribution in [0.4, 0.5) is 11.4 Å². The van der Waals surface area contributed by atoms with Gasteiger partial charge in [-0.3, -0.25) is 14.7 Å². The standard InChI is InChI=1S/C12H12N4O3/c1-8-5-14-12(17)15(6-8)7-9-2-3-10(13)11(4-9)16(18)19/h2-6H,7,13H2,1H3. The molecule has 7 nitrogen and oxygen atoms in total. The molecule has 0 fully saturated rings. The molecule has 1 heterocycles. The predicted molar refractivity (Wildman–Crippen MR) is 69.8 cm³/mol. The second-order valence-electron chi connectivity index (χ2n) is 4.19. The minimum atomic E-state index is -0.546. The van der Waals surface area contributed by atoms with Crippen molar-refractivity contribution >= 4 is 11.4 Å². The molecule has 98 valence electrons. The molecule has 0 amide bonds. The number of nitro groups is 1. The largest absolute Gasteiger partial charge is 0.393 e. The quantitative estimate of drug-likeness (QED) is 0.505. The number of hydrogen-bond donors (Lipinski definition) is 1. The second-order valence-corrected chi connectivity index (χ2v) is 4.19. The van der Waals surface area contributed by atoms with Crippen LogP contribution in [0.2, 0.25) is 0 Å². The molecule has 2 rings (SSSR count). The van der Waals surface area contributed by atoms with Crippen molar-refractivity contribution in [1.29, 1.82) is 0 Å². The number of aromatic nitrogens is 2. The van der Waals surface area contributed by atoms with Gasteiger partial charge in [0.05, 0.1) is 11.5 Å². The number of aryl methyl sites for hydroxylation is 1. The fraction of sp³-hybridized carbons (Fsp3) is 0.167. The topological polar surface area (TPSA) is 104 Å². The van der Waals surface area contributed by atoms with Crippen molar-refractivity contribution in [3.05, 3.63) is 62.3 Å². The van der Waals surface area contributed by atoms with E-state index in [2.05, 4.69) is 4.98 Å². The first-order valence-corrected chi connectivity index (χ1v) is 5.53. The number of benzene rings is 1. The zero-order valence-electron chi connectivity index (χ0n) is 10.2. The van der Waals surface area contributed by atoms with Gasteiger partial charge in [-0.1, -0.05) is 6.07 Å². The molecule has 0 aliphatic carbocycles. The van der Waals surface area contributed by atoms with Crippen LogP contribution in [-0.2, 0) is 6.54 Å². The molecule has 1 aromatic heterocycles. The normalized spacial score (nSPS) is 10.4.